The Morgan fingerprint density at radius 1 is 1.19 bits per heavy atom. The Morgan fingerprint density at radius 3 is 2.61 bits per heavy atom. The van der Waals surface area contributed by atoms with E-state index in [1.165, 1.54) is 12.1 Å². The van der Waals surface area contributed by atoms with Crippen LogP contribution in [0.2, 0.25) is 5.15 Å². The third kappa shape index (κ3) is 4.88. The number of rotatable bonds is 3. The Bertz CT molecular complexity index is 1160. The Hall–Kier alpha value is -2.91. The molecule has 164 valence electrons. The number of morpholine rings is 1. The van der Waals surface area contributed by atoms with E-state index in [4.69, 9.17) is 27.2 Å². The Kier molecular flexibility index (Phi) is 7.29. The first kappa shape index (κ1) is 22.8. The number of hydrogen-bond donors (Lipinski definition) is 2. The summed E-state index contributed by atoms with van der Waals surface area (Å²) in [6.45, 7) is 6.48. The largest absolute Gasteiger partial charge is 0.378 e. The first-order valence-electron chi connectivity index (χ1n) is 9.91. The van der Waals surface area contributed by atoms with Gasteiger partial charge in [-0.25, -0.2) is 13.5 Å². The van der Waals surface area contributed by atoms with E-state index >= 15 is 4.39 Å². The van der Waals surface area contributed by atoms with Gasteiger partial charge in [0.05, 0.1) is 30.6 Å². The lowest BCUT2D eigenvalue weighted by atomic mass is 10.0. The number of ether oxygens (including phenoxy) is 1. The van der Waals surface area contributed by atoms with E-state index in [2.05, 4.69) is 10.1 Å². The normalized spacial score (nSPS) is 13.6. The molecular weight excluding hydrogens is 426 g/mol. The fourth-order valence-electron chi connectivity index (χ4n) is 3.24. The smallest absolute Gasteiger partial charge is 0.150 e. The van der Waals surface area contributed by atoms with Gasteiger partial charge in [-0.2, -0.15) is 5.10 Å². The molecule has 31 heavy (non-hydrogen) atoms. The average Bonchev–Trinajstić information content (AvgIpc) is 2.80. The standard InChI is InChI=1S/C19H17ClF2N6O.C2H6/c20-16-1-2-17(23)28(26-16)18(24)8-12-14(21)9-15-13(19(12)22)7-11(10-25-15)27-3-5-29-6-4-27;1-2/h1-2,7,9-10,23-24H,3-6,8H2;1-2H3. The van der Waals surface area contributed by atoms with E-state index in [9.17, 15) is 4.39 Å². The van der Waals surface area contributed by atoms with Crippen LogP contribution >= 0.6 is 11.6 Å². The number of aromatic nitrogens is 3. The predicted molar refractivity (Wildman–Crippen MR) is 116 cm³/mol. The number of nitrogens with one attached hydrogen (secondary N) is 2. The zero-order valence-electron chi connectivity index (χ0n) is 17.3. The van der Waals surface area contributed by atoms with Gasteiger partial charge < -0.3 is 9.64 Å². The highest BCUT2D eigenvalue weighted by Gasteiger charge is 2.19. The molecule has 0 amide bonds. The fourth-order valence-corrected chi connectivity index (χ4v) is 3.37. The summed E-state index contributed by atoms with van der Waals surface area (Å²) in [6, 6.07) is 5.55. The van der Waals surface area contributed by atoms with E-state index in [1.54, 1.807) is 12.3 Å². The van der Waals surface area contributed by atoms with Crippen LogP contribution < -0.4 is 10.4 Å². The molecule has 2 N–H and O–H groups in total. The number of anilines is 1. The summed E-state index contributed by atoms with van der Waals surface area (Å²) in [7, 11) is 0. The van der Waals surface area contributed by atoms with Crippen LogP contribution in [0.3, 0.4) is 0 Å². The minimum atomic E-state index is -0.805. The molecule has 2 aromatic heterocycles. The van der Waals surface area contributed by atoms with Crippen LogP contribution in [0.5, 0.6) is 0 Å². The van der Waals surface area contributed by atoms with Crippen molar-refractivity contribution < 1.29 is 13.5 Å². The number of fused-ring (bicyclic) bond motifs is 1. The third-order valence-corrected chi connectivity index (χ3v) is 4.94. The molecular formula is C21H23ClF2N6O. The molecule has 1 aromatic carbocycles. The first-order chi connectivity index (χ1) is 14.9. The van der Waals surface area contributed by atoms with E-state index < -0.39 is 11.6 Å². The van der Waals surface area contributed by atoms with Gasteiger partial charge in [-0.15, -0.1) is 0 Å². The molecule has 1 fully saturated rings. The van der Waals surface area contributed by atoms with Crippen LogP contribution in [0.1, 0.15) is 19.4 Å². The molecule has 0 radical (unpaired) electrons. The molecule has 0 atom stereocenters. The van der Waals surface area contributed by atoms with E-state index in [0.717, 1.165) is 16.4 Å². The lowest BCUT2D eigenvalue weighted by Gasteiger charge is -2.28. The van der Waals surface area contributed by atoms with Gasteiger partial charge in [-0.1, -0.05) is 25.4 Å². The van der Waals surface area contributed by atoms with Gasteiger partial charge in [0.25, 0.3) is 0 Å². The highest BCUT2D eigenvalue weighted by Crippen LogP contribution is 2.27. The summed E-state index contributed by atoms with van der Waals surface area (Å²) in [5, 5.41) is 20.1. The Balaban J connectivity index is 0.00000132. The lowest BCUT2D eigenvalue weighted by molar-refractivity contribution is 0.122. The maximum absolute atomic E-state index is 15.2. The molecule has 0 spiro atoms. The molecule has 0 aliphatic carbocycles. The van der Waals surface area contributed by atoms with Crippen LogP contribution in [0.15, 0.2) is 30.5 Å². The van der Waals surface area contributed by atoms with Crippen LogP contribution in [0.25, 0.3) is 10.9 Å². The van der Waals surface area contributed by atoms with Crippen LogP contribution in [-0.4, -0.2) is 46.9 Å². The molecule has 0 bridgehead atoms. The summed E-state index contributed by atoms with van der Waals surface area (Å²) in [5.74, 6) is -1.85. The van der Waals surface area contributed by atoms with E-state index in [-0.39, 0.29) is 39.4 Å². The van der Waals surface area contributed by atoms with Crippen molar-refractivity contribution >= 4 is 34.0 Å². The second-order valence-corrected chi connectivity index (χ2v) is 6.97. The Morgan fingerprint density at radius 2 is 1.90 bits per heavy atom. The molecule has 1 saturated heterocycles. The topological polar surface area (TPSA) is 90.9 Å². The number of nitrogens with zero attached hydrogens (tertiary/aromatic N) is 4. The third-order valence-electron chi connectivity index (χ3n) is 4.74. The number of halogens is 3. The van der Waals surface area contributed by atoms with Crippen LogP contribution in [-0.2, 0) is 11.2 Å². The van der Waals surface area contributed by atoms with Crippen LogP contribution in [0.4, 0.5) is 14.5 Å². The number of hydrogen-bond acceptors (Lipinski definition) is 6. The minimum Gasteiger partial charge on any atom is -0.378 e. The molecule has 4 rings (SSSR count). The predicted octanol–water partition coefficient (Wildman–Crippen LogP) is 3.77. The van der Waals surface area contributed by atoms with Crippen molar-refractivity contribution in [2.45, 2.75) is 20.3 Å². The summed E-state index contributed by atoms with van der Waals surface area (Å²) < 4.78 is 36.1. The zero-order valence-corrected chi connectivity index (χ0v) is 18.0. The van der Waals surface area contributed by atoms with Crippen molar-refractivity contribution in [3.8, 4) is 0 Å². The highest BCUT2D eigenvalue weighted by molar-refractivity contribution is 6.29. The fraction of sp³-hybridized carbons (Fsp3) is 0.333. The van der Waals surface area contributed by atoms with Gasteiger partial charge in [-0.05, 0) is 18.2 Å². The van der Waals surface area contributed by atoms with Crippen LogP contribution in [0, 0.1) is 22.5 Å². The highest BCUT2D eigenvalue weighted by atomic mass is 35.5. The van der Waals surface area contributed by atoms with Crippen molar-refractivity contribution in [2.75, 3.05) is 31.2 Å². The van der Waals surface area contributed by atoms with E-state index in [0.29, 0.717) is 26.3 Å². The van der Waals surface area contributed by atoms with Gasteiger partial charge in [0.1, 0.15) is 28.1 Å². The molecule has 1 aliphatic heterocycles. The average molecular weight is 449 g/mol. The second-order valence-electron chi connectivity index (χ2n) is 6.59. The molecule has 0 unspecified atom stereocenters. The number of pyridine rings is 1. The summed E-state index contributed by atoms with van der Waals surface area (Å²) in [4.78, 5) is 6.23. The maximum Gasteiger partial charge on any atom is 0.150 e. The quantitative estimate of drug-likeness (QED) is 0.471. The lowest BCUT2D eigenvalue weighted by Crippen LogP contribution is -2.36. The molecule has 3 heterocycles. The van der Waals surface area contributed by atoms with Crippen molar-refractivity contribution in [3.05, 3.63) is 58.3 Å². The van der Waals surface area contributed by atoms with Crippen molar-refractivity contribution in [1.29, 1.82) is 10.8 Å². The van der Waals surface area contributed by atoms with Gasteiger partial charge >= 0.3 is 0 Å². The van der Waals surface area contributed by atoms with Gasteiger partial charge in [0.15, 0.2) is 0 Å². The SMILES string of the molecule is CC.N=C(Cc1c(F)cc2ncc(N3CCOCC3)cc2c1F)n1nc(Cl)ccc1=N. The second kappa shape index (κ2) is 9.93. The number of benzene rings is 1. The molecule has 7 nitrogen and oxygen atoms in total. The molecule has 1 aliphatic rings. The van der Waals surface area contributed by atoms with Gasteiger partial charge in [0.2, 0.25) is 0 Å². The van der Waals surface area contributed by atoms with Crippen molar-refractivity contribution in [1.82, 2.24) is 14.8 Å². The molecule has 10 heteroatoms. The monoisotopic (exact) mass is 448 g/mol. The molecule has 3 aromatic rings. The summed E-state index contributed by atoms with van der Waals surface area (Å²) in [6.07, 6.45) is 1.20. The summed E-state index contributed by atoms with van der Waals surface area (Å²) in [5.41, 5.74) is 0.531. The minimum absolute atomic E-state index is 0.0737. The van der Waals surface area contributed by atoms with Crippen molar-refractivity contribution in [2.24, 2.45) is 0 Å². The Labute approximate surface area is 183 Å². The van der Waals surface area contributed by atoms with Gasteiger partial charge in [0, 0.05) is 36.5 Å². The van der Waals surface area contributed by atoms with Crippen molar-refractivity contribution in [3.63, 3.8) is 0 Å². The molecule has 0 saturated carbocycles. The maximum atomic E-state index is 15.2. The summed E-state index contributed by atoms with van der Waals surface area (Å²) >= 11 is 5.81. The first-order valence-corrected chi connectivity index (χ1v) is 10.3. The zero-order chi connectivity index (χ0) is 22.5. The van der Waals surface area contributed by atoms with Gasteiger partial charge in [-0.3, -0.25) is 15.8 Å². The van der Waals surface area contributed by atoms with E-state index in [1.807, 2.05) is 18.7 Å².